The largest absolute Gasteiger partial charge is 0.497 e. The molecule has 3 amide bonds. The molecule has 0 saturated heterocycles. The molecule has 28 nitrogen and oxygen atoms in total. The fraction of sp³-hybridized carbons (Fsp3) is 0.605. The highest BCUT2D eigenvalue weighted by atomic mass is 16.6. The fourth-order valence-corrected chi connectivity index (χ4v) is 8.72. The maximum atomic E-state index is 12.7. The highest BCUT2D eigenvalue weighted by Crippen LogP contribution is 2.23. The summed E-state index contributed by atoms with van der Waals surface area (Å²) in [4.78, 5) is 120. The Morgan fingerprint density at radius 1 is 0.456 bits per heavy atom. The molecule has 656 valence electrons. The zero-order valence-corrected chi connectivity index (χ0v) is 70.5. The fourth-order valence-electron chi connectivity index (χ4n) is 8.72. The van der Waals surface area contributed by atoms with E-state index in [1.807, 2.05) is 118 Å². The number of nitrogens with zero attached hydrogens (tertiary/aromatic N) is 3. The Bertz CT molecular complexity index is 3280. The van der Waals surface area contributed by atoms with Crippen LogP contribution in [-0.4, -0.2) is 227 Å². The van der Waals surface area contributed by atoms with Crippen molar-refractivity contribution in [2.75, 3.05) is 62.0 Å². The van der Waals surface area contributed by atoms with Crippen LogP contribution in [0.3, 0.4) is 0 Å². The number of likely N-dealkylation sites (N-methyl/N-ethyl adjacent to an activating group) is 2. The van der Waals surface area contributed by atoms with Gasteiger partial charge in [-0.1, -0.05) is 156 Å². The summed E-state index contributed by atoms with van der Waals surface area (Å²) in [5, 5.41) is 52.1. The molecule has 4 aromatic carbocycles. The highest BCUT2D eigenvalue weighted by molar-refractivity contribution is 5.96. The number of aliphatic hydroxyl groups excluding tert-OH is 2. The molecule has 0 saturated carbocycles. The normalized spacial score (nSPS) is 12.9. The lowest BCUT2D eigenvalue weighted by atomic mass is 9.88. The van der Waals surface area contributed by atoms with Crippen LogP contribution in [0, 0.1) is 10.8 Å². The minimum atomic E-state index is -1.45. The monoisotopic (exact) mass is 1620 g/mol. The zero-order valence-electron chi connectivity index (χ0n) is 70.5. The molecule has 0 aliphatic carbocycles. The van der Waals surface area contributed by atoms with Gasteiger partial charge in [0.25, 0.3) is 0 Å². The van der Waals surface area contributed by atoms with Crippen LogP contribution in [0.4, 0.5) is 14.4 Å². The van der Waals surface area contributed by atoms with Crippen molar-refractivity contribution in [2.45, 2.75) is 273 Å². The summed E-state index contributed by atoms with van der Waals surface area (Å²) >= 11 is 0. The van der Waals surface area contributed by atoms with E-state index in [0.717, 1.165) is 28.0 Å². The number of methoxy groups -OCH3 is 2. The maximum Gasteiger partial charge on any atom is 0.408 e. The van der Waals surface area contributed by atoms with Gasteiger partial charge in [0.05, 0.1) is 31.8 Å². The van der Waals surface area contributed by atoms with Gasteiger partial charge in [-0.3, -0.25) is 33.8 Å². The number of benzene rings is 4. The first-order chi connectivity index (χ1) is 50.5. The Kier molecular flexibility index (Phi) is 60.7. The second-order valence-electron chi connectivity index (χ2n) is 31.1. The summed E-state index contributed by atoms with van der Waals surface area (Å²) < 4.78 is 35.6. The molecule has 0 bridgehead atoms. The van der Waals surface area contributed by atoms with Gasteiger partial charge >= 0.3 is 48.1 Å². The molecule has 114 heavy (non-hydrogen) atoms. The second kappa shape index (κ2) is 58.6. The van der Waals surface area contributed by atoms with E-state index in [1.54, 1.807) is 127 Å². The van der Waals surface area contributed by atoms with Crippen molar-refractivity contribution >= 4 is 59.7 Å². The summed E-state index contributed by atoms with van der Waals surface area (Å²) in [6, 6.07) is 29.0. The molecule has 0 aliphatic heterocycles. The van der Waals surface area contributed by atoms with Crippen LogP contribution in [0.2, 0.25) is 0 Å². The van der Waals surface area contributed by atoms with Crippen molar-refractivity contribution in [3.05, 3.63) is 131 Å². The van der Waals surface area contributed by atoms with Gasteiger partial charge in [0, 0.05) is 13.4 Å². The molecule has 4 aromatic rings. The lowest BCUT2D eigenvalue weighted by Crippen LogP contribution is -2.52. The van der Waals surface area contributed by atoms with E-state index in [2.05, 4.69) is 62.4 Å². The first-order valence-electron chi connectivity index (χ1n) is 36.3. The smallest absolute Gasteiger partial charge is 0.408 e. The SMILES string of the molecule is C.C.C.C.CC(=O)[C@@H](NC(=O)OC(C)(C)C)[C@@H](C)O.CC(C)(C)C(=O)OCc1ccccc1.CC(C)(C)CC(=O)c1ccccc1.CCN(CC)CC.COc1ccc(C[C@@H](C(=O)O)N(C)C)cc1.COc1ccc(C[C@@H](C(=O)O[C@H](C)[C@H](NC(=O)OC(C)(C)C)C(=O)O)N(C)C)cc1.C[C@@H](O)[C@H](NC(=O)OC(C)(C)C)C(=O)O.[2HH]. The molecule has 8 atom stereocenters. The number of carboxylic acids is 3. The van der Waals surface area contributed by atoms with Crippen molar-refractivity contribution < 1.29 is 108 Å². The van der Waals surface area contributed by atoms with Crippen LogP contribution in [0.25, 0.3) is 0 Å². The van der Waals surface area contributed by atoms with Gasteiger partial charge in [-0.05, 0) is 218 Å². The molecule has 28 heteroatoms. The third-order valence-electron chi connectivity index (χ3n) is 14.7. The van der Waals surface area contributed by atoms with Crippen LogP contribution in [0.1, 0.15) is 217 Å². The number of rotatable bonds is 27. The van der Waals surface area contributed by atoms with Gasteiger partial charge < -0.3 is 79.5 Å². The summed E-state index contributed by atoms with van der Waals surface area (Å²) in [6.07, 6.45) is -4.24. The lowest BCUT2D eigenvalue weighted by molar-refractivity contribution is -0.159. The number of amides is 3. The number of hydrogen-bond donors (Lipinski definition) is 8. The number of esters is 2. The molecule has 0 radical (unpaired) electrons. The van der Waals surface area contributed by atoms with E-state index < -0.39 is 113 Å². The zero-order chi connectivity index (χ0) is 85.8. The van der Waals surface area contributed by atoms with Gasteiger partial charge in [-0.2, -0.15) is 0 Å². The molecular weight excluding hydrogens is 1470 g/mol. The number of carboxylic acid groups (broad SMARTS) is 3. The highest BCUT2D eigenvalue weighted by Gasteiger charge is 2.35. The van der Waals surface area contributed by atoms with Gasteiger partial charge in [-0.15, -0.1) is 0 Å². The van der Waals surface area contributed by atoms with E-state index in [4.69, 9.17) is 48.5 Å². The number of ether oxygens (including phenoxy) is 7. The first kappa shape index (κ1) is 118. The molecule has 4 rings (SSSR count). The molecule has 0 heterocycles. The Balaban J connectivity index is -0.000000199. The topological polar surface area (TPSA) is 382 Å². The number of alkyl carbamates (subject to hydrolysis) is 3. The molecule has 0 aliphatic rings. The first-order valence-corrected chi connectivity index (χ1v) is 36.3. The number of Topliss-reactive ketones (excluding diaryl/α,β-unsaturated/α-hetero) is 2. The van der Waals surface area contributed by atoms with E-state index in [-0.39, 0.29) is 54.1 Å². The molecule has 0 spiro atoms. The summed E-state index contributed by atoms with van der Waals surface area (Å²) in [5.74, 6) is -2.81. The van der Waals surface area contributed by atoms with Crippen molar-refractivity contribution in [3.8, 4) is 11.5 Å². The standard InChI is InChI=1S/C21H32N2O7.C12H17NO3.C12H16O2.C12H16O.C10H19NO4.C9H17NO5.C6H15N.4CH4.H2/c1-13(17(18(24)25)22-20(27)30-21(2,3)4)29-19(26)16(23(5)6)12-14-8-10-15(28-7)11-9-14;1-13(2)11(12(14)15)8-9-4-6-10(16-3)7-5-9;1-12(2,3)11(13)14-9-10-7-5-4-6-8-10;1-12(2,3)9-11(13)10-7-5-4-6-8-10;1-6(12)8(7(2)13)11-9(14)15-10(3,4)5;1-5(11)6(7(12)13)10-8(14)15-9(2,3)4;1-4-7(5-2)6-3;;;;;/h8-11,13,16-17H,12H2,1-7H3,(H,22,27)(H,24,25);4-7,11H,8H2,1-3H3,(H,14,15);4-8H,9H2,1-3H3;4-8H,9H2,1-3H3;6,8,12H,1-5H3,(H,11,14);5-6,11H,1-4H3,(H,10,14)(H,12,13);4-6H2,1-3H3;4*1H4;1H/t13-,16+,17+;11-;;;6-,8+;5-,6+;;;;;;/m10..11....../s1/i;;;;;;;;;;;1+1. The summed E-state index contributed by atoms with van der Waals surface area (Å²) in [6.45, 7) is 42.8. The minimum absolute atomic E-state index is 0. The predicted octanol–water partition coefficient (Wildman–Crippen LogP) is 14.7. The predicted molar refractivity (Wildman–Crippen MR) is 453 cm³/mol. The third kappa shape index (κ3) is 57.8. The van der Waals surface area contributed by atoms with Crippen molar-refractivity contribution in [1.82, 2.24) is 30.7 Å². The Hall–Kier alpha value is -9.22. The van der Waals surface area contributed by atoms with Crippen LogP contribution >= 0.6 is 0 Å². The number of aliphatic carboxylic acids is 3. The second-order valence-corrected chi connectivity index (χ2v) is 31.1. The Morgan fingerprint density at radius 3 is 1.06 bits per heavy atom. The molecule has 0 unspecified atom stereocenters. The lowest BCUT2D eigenvalue weighted by Gasteiger charge is -2.28. The Labute approximate surface area is 684 Å². The molecular formula is C86H150N6O22. The Morgan fingerprint density at radius 2 is 0.789 bits per heavy atom. The van der Waals surface area contributed by atoms with Crippen molar-refractivity contribution in [1.29, 1.82) is 0 Å². The van der Waals surface area contributed by atoms with Crippen LogP contribution in [0.5, 0.6) is 11.5 Å². The van der Waals surface area contributed by atoms with Gasteiger partial charge in [0.2, 0.25) is 0 Å². The number of carbonyl (C=O) groups excluding carboxylic acids is 7. The quantitative estimate of drug-likeness (QED) is 0.0156. The number of hydrogen-bond acceptors (Lipinski definition) is 22. The summed E-state index contributed by atoms with van der Waals surface area (Å²) in [5.41, 5.74) is 1.25. The number of ketones is 2. The average Bonchev–Trinajstić information content (AvgIpc) is 0.857. The van der Waals surface area contributed by atoms with E-state index >= 15 is 0 Å². The number of aliphatic hydroxyl groups is 2. The van der Waals surface area contributed by atoms with Gasteiger partial charge in [0.15, 0.2) is 23.7 Å². The van der Waals surface area contributed by atoms with Gasteiger partial charge in [0.1, 0.15) is 59.1 Å². The van der Waals surface area contributed by atoms with Crippen molar-refractivity contribution in [3.63, 3.8) is 0 Å². The van der Waals surface area contributed by atoms with E-state index in [0.29, 0.717) is 31.6 Å². The van der Waals surface area contributed by atoms with E-state index in [9.17, 15) is 58.2 Å². The molecule has 0 fully saturated rings. The minimum Gasteiger partial charge on any atom is -0.497 e. The van der Waals surface area contributed by atoms with Crippen LogP contribution < -0.4 is 25.4 Å². The molecule has 0 aromatic heterocycles. The van der Waals surface area contributed by atoms with Crippen LogP contribution in [-0.2, 0) is 71.9 Å². The van der Waals surface area contributed by atoms with Crippen molar-refractivity contribution in [2.24, 2.45) is 10.8 Å². The number of carbonyl (C=O) groups is 10. The molecule has 8 N–H and O–H groups in total. The third-order valence-corrected chi connectivity index (χ3v) is 14.7. The number of nitrogens with one attached hydrogen (secondary N) is 3. The van der Waals surface area contributed by atoms with Gasteiger partial charge in [-0.25, -0.2) is 24.0 Å². The summed E-state index contributed by atoms with van der Waals surface area (Å²) in [7, 11) is 10.2. The van der Waals surface area contributed by atoms with Crippen LogP contribution in [0.15, 0.2) is 109 Å². The average molecular weight is 1620 g/mol. The van der Waals surface area contributed by atoms with E-state index in [1.165, 1.54) is 47.3 Å². The maximum absolute atomic E-state index is 12.7.